The van der Waals surface area contributed by atoms with Gasteiger partial charge in [0.15, 0.2) is 0 Å². The second-order valence-electron chi connectivity index (χ2n) is 6.79. The normalized spacial score (nSPS) is 15.3. The summed E-state index contributed by atoms with van der Waals surface area (Å²) in [6, 6.07) is 3.94. The van der Waals surface area contributed by atoms with E-state index in [1.807, 2.05) is 23.7 Å². The molecule has 2 N–H and O–H groups in total. The number of ether oxygens (including phenoxy) is 1. The number of aromatic nitrogens is 4. The van der Waals surface area contributed by atoms with E-state index in [2.05, 4.69) is 15.3 Å². The molecule has 0 bridgehead atoms. The van der Waals surface area contributed by atoms with E-state index in [1.54, 1.807) is 12.1 Å². The van der Waals surface area contributed by atoms with Gasteiger partial charge in [-0.3, -0.25) is 4.40 Å². The number of nitrogens with one attached hydrogen (secondary N) is 2. The van der Waals surface area contributed by atoms with Crippen LogP contribution in [0.5, 0.6) is 0 Å². The van der Waals surface area contributed by atoms with E-state index >= 15 is 0 Å². The van der Waals surface area contributed by atoms with Gasteiger partial charge in [0, 0.05) is 18.4 Å². The molecule has 0 aliphatic heterocycles. The van der Waals surface area contributed by atoms with Crippen LogP contribution in [-0.4, -0.2) is 38.5 Å². The summed E-state index contributed by atoms with van der Waals surface area (Å²) in [5.74, 6) is 1.40. The van der Waals surface area contributed by atoms with Gasteiger partial charge in [-0.1, -0.05) is 19.3 Å². The van der Waals surface area contributed by atoms with Gasteiger partial charge in [0.05, 0.1) is 12.7 Å². The smallest absolute Gasteiger partial charge is 0.338 e. The number of rotatable bonds is 4. The van der Waals surface area contributed by atoms with E-state index in [0.717, 1.165) is 35.9 Å². The molecule has 0 unspecified atom stereocenters. The molecule has 26 heavy (non-hydrogen) atoms. The number of H-pyrrole nitrogens is 1. The molecule has 4 rings (SSSR count). The Kier molecular flexibility index (Phi) is 4.36. The van der Waals surface area contributed by atoms with Gasteiger partial charge in [0.2, 0.25) is 0 Å². The van der Waals surface area contributed by atoms with E-state index < -0.39 is 0 Å². The van der Waals surface area contributed by atoms with E-state index in [4.69, 9.17) is 9.72 Å². The van der Waals surface area contributed by atoms with Gasteiger partial charge in [-0.05, 0) is 31.9 Å². The lowest BCUT2D eigenvalue weighted by molar-refractivity contribution is 0.0600. The molecule has 3 aromatic rings. The molecule has 0 saturated heterocycles. The minimum atomic E-state index is -0.366. The van der Waals surface area contributed by atoms with Gasteiger partial charge in [0.1, 0.15) is 28.7 Å². The molecule has 1 aliphatic carbocycles. The molecule has 0 atom stereocenters. The minimum absolute atomic E-state index is 0.366. The molecule has 0 spiro atoms. The van der Waals surface area contributed by atoms with Gasteiger partial charge >= 0.3 is 5.97 Å². The number of hydrogen-bond acceptors (Lipinski definition) is 5. The van der Waals surface area contributed by atoms with Crippen LogP contribution < -0.4 is 5.32 Å². The highest BCUT2D eigenvalue weighted by Gasteiger charge is 2.21. The van der Waals surface area contributed by atoms with Crippen LogP contribution in [0.4, 0.5) is 5.82 Å². The number of methoxy groups -OCH3 is 1. The minimum Gasteiger partial charge on any atom is -0.465 e. The Bertz CT molecular complexity index is 937. The van der Waals surface area contributed by atoms with Crippen LogP contribution in [0.3, 0.4) is 0 Å². The Balaban J connectivity index is 1.80. The summed E-state index contributed by atoms with van der Waals surface area (Å²) in [6.45, 7) is 1.92. The quantitative estimate of drug-likeness (QED) is 0.701. The molecule has 0 aromatic carbocycles. The van der Waals surface area contributed by atoms with Crippen LogP contribution in [0, 0.1) is 6.92 Å². The van der Waals surface area contributed by atoms with Crippen LogP contribution in [0.1, 0.15) is 48.3 Å². The van der Waals surface area contributed by atoms with Crippen molar-refractivity contribution in [1.82, 2.24) is 19.4 Å². The molecule has 7 heteroatoms. The molecule has 7 nitrogen and oxygen atoms in total. The van der Waals surface area contributed by atoms with Gasteiger partial charge < -0.3 is 15.0 Å². The van der Waals surface area contributed by atoms with E-state index in [-0.39, 0.29) is 5.97 Å². The highest BCUT2D eigenvalue weighted by molar-refractivity contribution is 5.91. The maximum absolute atomic E-state index is 11.8. The molecule has 3 heterocycles. The van der Waals surface area contributed by atoms with Crippen molar-refractivity contribution in [3.05, 3.63) is 35.9 Å². The fraction of sp³-hybridized carbons (Fsp3) is 0.421. The number of fused-ring (bicyclic) bond motifs is 1. The summed E-state index contributed by atoms with van der Waals surface area (Å²) in [7, 11) is 1.38. The fourth-order valence-electron chi connectivity index (χ4n) is 3.59. The number of esters is 1. The number of imidazole rings is 2. The topological polar surface area (TPSA) is 84.3 Å². The number of pyridine rings is 1. The third-order valence-electron chi connectivity index (χ3n) is 4.94. The predicted molar refractivity (Wildman–Crippen MR) is 99.3 cm³/mol. The molecular formula is C19H23N5O2. The monoisotopic (exact) mass is 353 g/mol. The largest absolute Gasteiger partial charge is 0.465 e. The van der Waals surface area contributed by atoms with Crippen LogP contribution >= 0.6 is 0 Å². The third-order valence-corrected chi connectivity index (χ3v) is 4.94. The Morgan fingerprint density at radius 3 is 2.81 bits per heavy atom. The van der Waals surface area contributed by atoms with Crippen molar-refractivity contribution in [3.8, 4) is 11.4 Å². The van der Waals surface area contributed by atoms with Gasteiger partial charge in [-0.2, -0.15) is 0 Å². The molecule has 1 aliphatic rings. The number of carbonyl (C=O) groups excluding carboxylic acids is 1. The number of hydrogen-bond donors (Lipinski definition) is 2. The number of carbonyl (C=O) groups is 1. The first-order valence-corrected chi connectivity index (χ1v) is 9.05. The lowest BCUT2D eigenvalue weighted by Gasteiger charge is -2.24. The van der Waals surface area contributed by atoms with Crippen molar-refractivity contribution >= 4 is 17.4 Å². The maximum Gasteiger partial charge on any atom is 0.338 e. The average Bonchev–Trinajstić information content (AvgIpc) is 3.25. The SMILES string of the molecule is COC(=O)c1ccn2c(NC3CCCCC3)c(-c3c[nH]c(C)n3)nc2c1. The maximum atomic E-state index is 11.8. The number of nitrogens with zero attached hydrogens (tertiary/aromatic N) is 3. The molecule has 0 amide bonds. The molecule has 1 saturated carbocycles. The number of aryl methyl sites for hydroxylation is 1. The standard InChI is InChI=1S/C19H23N5O2/c1-12-20-11-15(21-12)17-18(22-14-6-4-3-5-7-14)24-9-8-13(19(25)26-2)10-16(24)23-17/h8-11,14,22H,3-7H2,1-2H3,(H,20,21). The summed E-state index contributed by atoms with van der Waals surface area (Å²) in [4.78, 5) is 24.3. The number of anilines is 1. The zero-order chi connectivity index (χ0) is 18.1. The molecule has 3 aromatic heterocycles. The van der Waals surface area contributed by atoms with E-state index in [1.165, 1.54) is 26.4 Å². The Hall–Kier alpha value is -2.83. The summed E-state index contributed by atoms with van der Waals surface area (Å²) in [5, 5.41) is 3.67. The lowest BCUT2D eigenvalue weighted by atomic mass is 9.95. The first-order chi connectivity index (χ1) is 12.7. The van der Waals surface area contributed by atoms with Crippen molar-refractivity contribution < 1.29 is 9.53 Å². The average molecular weight is 353 g/mol. The van der Waals surface area contributed by atoms with E-state index in [0.29, 0.717) is 17.3 Å². The van der Waals surface area contributed by atoms with Crippen molar-refractivity contribution in [2.75, 3.05) is 12.4 Å². The molecule has 0 radical (unpaired) electrons. The molecular weight excluding hydrogens is 330 g/mol. The van der Waals surface area contributed by atoms with Crippen LogP contribution in [-0.2, 0) is 4.74 Å². The third kappa shape index (κ3) is 3.05. The molecule has 136 valence electrons. The Morgan fingerprint density at radius 1 is 1.31 bits per heavy atom. The van der Waals surface area contributed by atoms with E-state index in [9.17, 15) is 4.79 Å². The highest BCUT2D eigenvalue weighted by atomic mass is 16.5. The Morgan fingerprint density at radius 2 is 2.12 bits per heavy atom. The van der Waals surface area contributed by atoms with Crippen molar-refractivity contribution in [1.29, 1.82) is 0 Å². The van der Waals surface area contributed by atoms with Gasteiger partial charge in [-0.25, -0.2) is 14.8 Å². The summed E-state index contributed by atoms with van der Waals surface area (Å²) in [6.07, 6.45) is 9.85. The lowest BCUT2D eigenvalue weighted by Crippen LogP contribution is -2.23. The van der Waals surface area contributed by atoms with Crippen molar-refractivity contribution in [2.45, 2.75) is 45.1 Å². The zero-order valence-electron chi connectivity index (χ0n) is 15.1. The van der Waals surface area contributed by atoms with Crippen LogP contribution in [0.15, 0.2) is 24.5 Å². The highest BCUT2D eigenvalue weighted by Crippen LogP contribution is 2.31. The first kappa shape index (κ1) is 16.6. The summed E-state index contributed by atoms with van der Waals surface area (Å²) < 4.78 is 6.81. The van der Waals surface area contributed by atoms with Crippen molar-refractivity contribution in [3.63, 3.8) is 0 Å². The fourth-order valence-corrected chi connectivity index (χ4v) is 3.59. The zero-order valence-corrected chi connectivity index (χ0v) is 15.1. The van der Waals surface area contributed by atoms with Crippen molar-refractivity contribution in [2.24, 2.45) is 0 Å². The summed E-state index contributed by atoms with van der Waals surface area (Å²) in [5.41, 5.74) is 2.77. The van der Waals surface area contributed by atoms with Crippen LogP contribution in [0.2, 0.25) is 0 Å². The Labute approximate surface area is 151 Å². The van der Waals surface area contributed by atoms with Crippen LogP contribution in [0.25, 0.3) is 17.0 Å². The van der Waals surface area contributed by atoms with Gasteiger partial charge in [-0.15, -0.1) is 0 Å². The first-order valence-electron chi connectivity index (χ1n) is 9.05. The number of aromatic amines is 1. The predicted octanol–water partition coefficient (Wildman–Crippen LogP) is 3.56. The second-order valence-corrected chi connectivity index (χ2v) is 6.79. The molecule has 1 fully saturated rings. The second kappa shape index (κ2) is 6.82. The van der Waals surface area contributed by atoms with Gasteiger partial charge in [0.25, 0.3) is 0 Å². The summed E-state index contributed by atoms with van der Waals surface area (Å²) >= 11 is 0.